The zero-order valence-corrected chi connectivity index (χ0v) is 15.5. The van der Waals surface area contributed by atoms with Crippen LogP contribution in [0.3, 0.4) is 0 Å². The van der Waals surface area contributed by atoms with Gasteiger partial charge in [0.15, 0.2) is 5.78 Å². The highest BCUT2D eigenvalue weighted by Crippen LogP contribution is 2.40. The van der Waals surface area contributed by atoms with Gasteiger partial charge in [-0.1, -0.05) is 12.1 Å². The normalized spacial score (nSPS) is 18.2. The third kappa shape index (κ3) is 3.11. The molecular formula is C22H22FNO3. The van der Waals surface area contributed by atoms with Gasteiger partial charge in [-0.25, -0.2) is 4.39 Å². The predicted molar refractivity (Wildman–Crippen MR) is 99.8 cm³/mol. The number of carbonyl (C=O) groups excluding carboxylic acids is 2. The lowest BCUT2D eigenvalue weighted by Gasteiger charge is -2.44. The number of ketones is 1. The number of halogens is 1. The summed E-state index contributed by atoms with van der Waals surface area (Å²) in [4.78, 5) is 27.0. The standard InChI is InChI=1S/C22H22FNO3/c1-14-11-17-19(25)13-22(27-20(17)12-15(14)2)7-9-24(10-8-22)21(26)16-5-3-4-6-18(16)23/h3-6,11-12H,7-10,13H2,1-2H3. The van der Waals surface area contributed by atoms with Crippen LogP contribution in [0.25, 0.3) is 0 Å². The van der Waals surface area contributed by atoms with Crippen molar-refractivity contribution in [2.24, 2.45) is 0 Å². The number of ether oxygens (including phenoxy) is 1. The van der Waals surface area contributed by atoms with Gasteiger partial charge in [0, 0.05) is 25.9 Å². The number of piperidine rings is 1. The number of fused-ring (bicyclic) bond motifs is 1. The van der Waals surface area contributed by atoms with Crippen LogP contribution in [-0.2, 0) is 0 Å². The highest BCUT2D eigenvalue weighted by atomic mass is 19.1. The van der Waals surface area contributed by atoms with Crippen molar-refractivity contribution < 1.29 is 18.7 Å². The van der Waals surface area contributed by atoms with Crippen molar-refractivity contribution in [2.45, 2.75) is 38.7 Å². The molecule has 2 heterocycles. The molecule has 140 valence electrons. The van der Waals surface area contributed by atoms with Crippen LogP contribution < -0.4 is 4.74 Å². The van der Waals surface area contributed by atoms with E-state index in [2.05, 4.69) is 0 Å². The second-order valence-corrected chi connectivity index (χ2v) is 7.59. The zero-order chi connectivity index (χ0) is 19.2. The van der Waals surface area contributed by atoms with E-state index in [-0.39, 0.29) is 17.3 Å². The van der Waals surface area contributed by atoms with Crippen LogP contribution >= 0.6 is 0 Å². The number of hydrogen-bond donors (Lipinski definition) is 0. The summed E-state index contributed by atoms with van der Waals surface area (Å²) in [5.41, 5.74) is 2.33. The van der Waals surface area contributed by atoms with E-state index in [9.17, 15) is 14.0 Å². The van der Waals surface area contributed by atoms with Gasteiger partial charge in [0.2, 0.25) is 0 Å². The van der Waals surface area contributed by atoms with Crippen molar-refractivity contribution in [2.75, 3.05) is 13.1 Å². The van der Waals surface area contributed by atoms with Gasteiger partial charge in [0.25, 0.3) is 5.91 Å². The fraction of sp³-hybridized carbons (Fsp3) is 0.364. The molecule has 4 nitrogen and oxygen atoms in total. The molecule has 0 bridgehead atoms. The summed E-state index contributed by atoms with van der Waals surface area (Å²) in [6.07, 6.45) is 1.45. The third-order valence-corrected chi connectivity index (χ3v) is 5.77. The lowest BCUT2D eigenvalue weighted by Crippen LogP contribution is -2.52. The maximum Gasteiger partial charge on any atom is 0.256 e. The molecule has 2 aromatic carbocycles. The average molecular weight is 367 g/mol. The fourth-order valence-electron chi connectivity index (χ4n) is 3.95. The summed E-state index contributed by atoms with van der Waals surface area (Å²) in [6, 6.07) is 9.86. The average Bonchev–Trinajstić information content (AvgIpc) is 2.64. The molecule has 0 aromatic heterocycles. The first-order valence-corrected chi connectivity index (χ1v) is 9.26. The van der Waals surface area contributed by atoms with Gasteiger partial charge in [-0.2, -0.15) is 0 Å². The Morgan fingerprint density at radius 1 is 1.11 bits per heavy atom. The molecule has 0 saturated carbocycles. The number of likely N-dealkylation sites (tertiary alicyclic amines) is 1. The van der Waals surface area contributed by atoms with Gasteiger partial charge in [0.05, 0.1) is 17.5 Å². The first-order valence-electron chi connectivity index (χ1n) is 9.26. The van der Waals surface area contributed by atoms with E-state index in [1.807, 2.05) is 26.0 Å². The molecule has 1 amide bonds. The molecule has 0 N–H and O–H groups in total. The van der Waals surface area contributed by atoms with Crippen LogP contribution in [0.2, 0.25) is 0 Å². The maximum absolute atomic E-state index is 13.9. The minimum absolute atomic E-state index is 0.0885. The molecule has 2 aliphatic rings. The summed E-state index contributed by atoms with van der Waals surface area (Å²) in [6.45, 7) is 4.88. The molecule has 2 aliphatic heterocycles. The molecule has 0 aliphatic carbocycles. The summed E-state index contributed by atoms with van der Waals surface area (Å²) >= 11 is 0. The largest absolute Gasteiger partial charge is 0.486 e. The highest BCUT2D eigenvalue weighted by Gasteiger charge is 2.44. The Morgan fingerprint density at radius 3 is 2.48 bits per heavy atom. The fourth-order valence-corrected chi connectivity index (χ4v) is 3.95. The van der Waals surface area contributed by atoms with Gasteiger partial charge >= 0.3 is 0 Å². The second-order valence-electron chi connectivity index (χ2n) is 7.59. The van der Waals surface area contributed by atoms with Gasteiger partial charge in [-0.3, -0.25) is 9.59 Å². The quantitative estimate of drug-likeness (QED) is 0.763. The van der Waals surface area contributed by atoms with Gasteiger partial charge in [-0.15, -0.1) is 0 Å². The summed E-state index contributed by atoms with van der Waals surface area (Å²) in [7, 11) is 0. The van der Waals surface area contributed by atoms with Crippen LogP contribution in [0.1, 0.15) is 51.1 Å². The summed E-state index contributed by atoms with van der Waals surface area (Å²) in [5.74, 6) is -0.0833. The number of Topliss-reactive ketones (excluding diaryl/α,β-unsaturated/α-hetero) is 1. The minimum atomic E-state index is -0.572. The van der Waals surface area contributed by atoms with E-state index in [1.165, 1.54) is 12.1 Å². The van der Waals surface area contributed by atoms with E-state index < -0.39 is 11.4 Å². The molecule has 0 atom stereocenters. The predicted octanol–water partition coefficient (Wildman–Crippen LogP) is 4.08. The van der Waals surface area contributed by atoms with Gasteiger partial charge in [0.1, 0.15) is 17.2 Å². The van der Waals surface area contributed by atoms with E-state index in [4.69, 9.17) is 4.74 Å². The molecule has 0 unspecified atom stereocenters. The van der Waals surface area contributed by atoms with Gasteiger partial charge in [-0.05, 0) is 49.2 Å². The molecule has 0 radical (unpaired) electrons. The van der Waals surface area contributed by atoms with Crippen molar-refractivity contribution in [3.05, 3.63) is 64.5 Å². The summed E-state index contributed by atoms with van der Waals surface area (Å²) < 4.78 is 20.2. The molecule has 1 spiro atoms. The van der Waals surface area contributed by atoms with Crippen LogP contribution in [0.15, 0.2) is 36.4 Å². The van der Waals surface area contributed by atoms with Crippen molar-refractivity contribution in [3.8, 4) is 5.75 Å². The third-order valence-electron chi connectivity index (χ3n) is 5.77. The Morgan fingerprint density at radius 2 is 1.78 bits per heavy atom. The first-order chi connectivity index (χ1) is 12.9. The van der Waals surface area contributed by atoms with E-state index in [0.29, 0.717) is 43.7 Å². The maximum atomic E-state index is 13.9. The number of aryl methyl sites for hydroxylation is 2. The number of nitrogens with zero attached hydrogens (tertiary/aromatic N) is 1. The lowest BCUT2D eigenvalue weighted by atomic mass is 9.81. The Hall–Kier alpha value is -2.69. The molecule has 1 fully saturated rings. The molecular weight excluding hydrogens is 345 g/mol. The Labute approximate surface area is 157 Å². The zero-order valence-electron chi connectivity index (χ0n) is 15.5. The number of benzene rings is 2. The van der Waals surface area contributed by atoms with Crippen LogP contribution in [0.4, 0.5) is 4.39 Å². The van der Waals surface area contributed by atoms with Crippen LogP contribution in [0, 0.1) is 19.7 Å². The van der Waals surface area contributed by atoms with Crippen LogP contribution in [0.5, 0.6) is 5.75 Å². The molecule has 1 saturated heterocycles. The van der Waals surface area contributed by atoms with E-state index >= 15 is 0 Å². The van der Waals surface area contributed by atoms with E-state index in [1.54, 1.807) is 17.0 Å². The van der Waals surface area contributed by atoms with Crippen molar-refractivity contribution in [3.63, 3.8) is 0 Å². The highest BCUT2D eigenvalue weighted by molar-refractivity contribution is 6.00. The molecule has 5 heteroatoms. The molecule has 2 aromatic rings. The van der Waals surface area contributed by atoms with Crippen molar-refractivity contribution >= 4 is 11.7 Å². The second kappa shape index (κ2) is 6.48. The molecule has 4 rings (SSSR count). The van der Waals surface area contributed by atoms with Crippen LogP contribution in [-0.4, -0.2) is 35.3 Å². The minimum Gasteiger partial charge on any atom is -0.486 e. The SMILES string of the molecule is Cc1cc2c(cc1C)C(=O)CC1(CCN(C(=O)c3ccccc3F)CC1)O2. The first kappa shape index (κ1) is 17.7. The number of amides is 1. The van der Waals surface area contributed by atoms with Crippen molar-refractivity contribution in [1.29, 1.82) is 0 Å². The van der Waals surface area contributed by atoms with E-state index in [0.717, 1.165) is 11.1 Å². The Balaban J connectivity index is 1.52. The Bertz CT molecular complexity index is 929. The number of rotatable bonds is 1. The Kier molecular flexibility index (Phi) is 4.25. The summed E-state index contributed by atoms with van der Waals surface area (Å²) in [5, 5.41) is 0. The molecule has 27 heavy (non-hydrogen) atoms. The smallest absolute Gasteiger partial charge is 0.256 e. The van der Waals surface area contributed by atoms with Crippen molar-refractivity contribution in [1.82, 2.24) is 4.90 Å². The lowest BCUT2D eigenvalue weighted by molar-refractivity contribution is -0.00584. The number of hydrogen-bond acceptors (Lipinski definition) is 3. The monoisotopic (exact) mass is 367 g/mol. The van der Waals surface area contributed by atoms with Gasteiger partial charge < -0.3 is 9.64 Å². The number of carbonyl (C=O) groups is 2. The topological polar surface area (TPSA) is 46.6 Å².